The van der Waals surface area contributed by atoms with Crippen LogP contribution >= 0.6 is 0 Å². The molecule has 4 nitrogen and oxygen atoms in total. The molecule has 0 saturated heterocycles. The molecule has 4 heteroatoms. The molecule has 0 aliphatic carbocycles. The first-order valence-corrected chi connectivity index (χ1v) is 5.77. The van der Waals surface area contributed by atoms with Gasteiger partial charge >= 0.3 is 0 Å². The highest BCUT2D eigenvalue weighted by Crippen LogP contribution is 2.31. The number of rotatable bonds is 6. The van der Waals surface area contributed by atoms with Crippen molar-refractivity contribution in [3.05, 3.63) is 18.2 Å². The van der Waals surface area contributed by atoms with Crippen LogP contribution in [0.5, 0.6) is 11.5 Å². The molecule has 0 amide bonds. The summed E-state index contributed by atoms with van der Waals surface area (Å²) in [6, 6.07) is 6.12. The van der Waals surface area contributed by atoms with E-state index >= 15 is 0 Å². The fraction of sp³-hybridized carbons (Fsp3) is 0.538. The van der Waals surface area contributed by atoms with Crippen molar-refractivity contribution < 1.29 is 9.47 Å². The first kappa shape index (κ1) is 13.6. The Morgan fingerprint density at radius 3 is 2.41 bits per heavy atom. The highest BCUT2D eigenvalue weighted by atomic mass is 16.5. The van der Waals surface area contributed by atoms with Crippen molar-refractivity contribution in [1.82, 2.24) is 0 Å². The van der Waals surface area contributed by atoms with Crippen molar-refractivity contribution in [1.29, 1.82) is 0 Å². The van der Waals surface area contributed by atoms with Crippen molar-refractivity contribution in [3.63, 3.8) is 0 Å². The molecule has 96 valence electrons. The lowest BCUT2D eigenvalue weighted by Gasteiger charge is -2.21. The van der Waals surface area contributed by atoms with Crippen LogP contribution in [0.1, 0.15) is 13.3 Å². The Balaban J connectivity index is 2.77. The third kappa shape index (κ3) is 3.82. The van der Waals surface area contributed by atoms with E-state index in [-0.39, 0.29) is 6.04 Å². The van der Waals surface area contributed by atoms with Crippen molar-refractivity contribution in [2.75, 3.05) is 32.7 Å². The molecule has 1 atom stereocenters. The van der Waals surface area contributed by atoms with E-state index in [0.29, 0.717) is 0 Å². The van der Waals surface area contributed by atoms with Crippen LogP contribution < -0.4 is 20.1 Å². The average molecular weight is 238 g/mol. The number of methoxy groups -OCH3 is 2. The lowest BCUT2D eigenvalue weighted by atomic mass is 10.2. The second-order valence-electron chi connectivity index (χ2n) is 4.23. The smallest absolute Gasteiger partial charge is 0.162 e. The summed E-state index contributed by atoms with van der Waals surface area (Å²) in [6.45, 7) is 2.94. The van der Waals surface area contributed by atoms with Crippen LogP contribution in [0.4, 0.5) is 5.69 Å². The minimum atomic E-state index is 0.220. The van der Waals surface area contributed by atoms with Gasteiger partial charge in [-0.1, -0.05) is 0 Å². The summed E-state index contributed by atoms with van der Waals surface area (Å²) < 4.78 is 10.5. The normalized spacial score (nSPS) is 12.1. The molecule has 0 saturated carbocycles. The van der Waals surface area contributed by atoms with Crippen LogP contribution in [0.3, 0.4) is 0 Å². The maximum atomic E-state index is 5.75. The van der Waals surface area contributed by atoms with Gasteiger partial charge in [0.05, 0.1) is 14.2 Å². The Kier molecular flexibility index (Phi) is 5.10. The molecule has 2 N–H and O–H groups in total. The molecular weight excluding hydrogens is 216 g/mol. The van der Waals surface area contributed by atoms with Crippen LogP contribution in [0.25, 0.3) is 0 Å². The van der Waals surface area contributed by atoms with E-state index in [0.717, 1.165) is 30.2 Å². The molecule has 0 fully saturated rings. The number of hydrogen-bond donors (Lipinski definition) is 1. The van der Waals surface area contributed by atoms with E-state index in [2.05, 4.69) is 4.90 Å². The van der Waals surface area contributed by atoms with Gasteiger partial charge < -0.3 is 20.1 Å². The second-order valence-corrected chi connectivity index (χ2v) is 4.23. The van der Waals surface area contributed by atoms with Gasteiger partial charge in [0.25, 0.3) is 0 Å². The summed E-state index contributed by atoms with van der Waals surface area (Å²) in [5.41, 5.74) is 6.85. The van der Waals surface area contributed by atoms with Gasteiger partial charge in [-0.2, -0.15) is 0 Å². The molecule has 1 unspecified atom stereocenters. The van der Waals surface area contributed by atoms with Crippen LogP contribution in [0.2, 0.25) is 0 Å². The molecule has 0 bridgehead atoms. The van der Waals surface area contributed by atoms with E-state index in [4.69, 9.17) is 15.2 Å². The number of ether oxygens (including phenoxy) is 2. The monoisotopic (exact) mass is 238 g/mol. The van der Waals surface area contributed by atoms with Gasteiger partial charge in [-0.3, -0.25) is 0 Å². The number of nitrogens with zero attached hydrogens (tertiary/aromatic N) is 1. The fourth-order valence-electron chi connectivity index (χ4n) is 1.59. The Labute approximate surface area is 103 Å². The zero-order chi connectivity index (χ0) is 12.8. The average Bonchev–Trinajstić information content (AvgIpc) is 2.34. The molecule has 0 spiro atoms. The minimum Gasteiger partial charge on any atom is -0.493 e. The van der Waals surface area contributed by atoms with Crippen molar-refractivity contribution in [2.24, 2.45) is 5.73 Å². The van der Waals surface area contributed by atoms with Gasteiger partial charge in [-0.05, 0) is 25.5 Å². The zero-order valence-electron chi connectivity index (χ0n) is 11.1. The number of nitrogens with two attached hydrogens (primary N) is 1. The Hall–Kier alpha value is -1.42. The van der Waals surface area contributed by atoms with Crippen molar-refractivity contribution in [2.45, 2.75) is 19.4 Å². The number of benzene rings is 1. The van der Waals surface area contributed by atoms with E-state index in [1.54, 1.807) is 14.2 Å². The minimum absolute atomic E-state index is 0.220. The summed E-state index contributed by atoms with van der Waals surface area (Å²) in [6.07, 6.45) is 0.963. The van der Waals surface area contributed by atoms with Crippen LogP contribution in [-0.4, -0.2) is 33.9 Å². The summed E-state index contributed by atoms with van der Waals surface area (Å²) >= 11 is 0. The summed E-state index contributed by atoms with van der Waals surface area (Å²) in [5, 5.41) is 0. The highest BCUT2D eigenvalue weighted by Gasteiger charge is 2.08. The van der Waals surface area contributed by atoms with E-state index in [9.17, 15) is 0 Å². The molecule has 0 heterocycles. The van der Waals surface area contributed by atoms with Crippen molar-refractivity contribution >= 4 is 5.69 Å². The van der Waals surface area contributed by atoms with E-state index in [1.807, 2.05) is 32.2 Å². The molecule has 0 radical (unpaired) electrons. The molecular formula is C13H22N2O2. The summed E-state index contributed by atoms with van der Waals surface area (Å²) in [7, 11) is 5.32. The summed E-state index contributed by atoms with van der Waals surface area (Å²) in [5.74, 6) is 1.49. The SMILES string of the molecule is COc1ccc(N(C)CCC(C)N)cc1OC. The predicted molar refractivity (Wildman–Crippen MR) is 71.1 cm³/mol. The van der Waals surface area contributed by atoms with Gasteiger partial charge in [-0.25, -0.2) is 0 Å². The molecule has 1 aromatic carbocycles. The standard InChI is InChI=1S/C13H22N2O2/c1-10(14)7-8-15(2)11-5-6-12(16-3)13(9-11)17-4/h5-6,9-10H,7-8,14H2,1-4H3. The number of anilines is 1. The quantitative estimate of drug-likeness (QED) is 0.822. The molecule has 17 heavy (non-hydrogen) atoms. The lowest BCUT2D eigenvalue weighted by molar-refractivity contribution is 0.355. The number of hydrogen-bond acceptors (Lipinski definition) is 4. The van der Waals surface area contributed by atoms with Gasteiger partial charge in [0.2, 0.25) is 0 Å². The van der Waals surface area contributed by atoms with Gasteiger partial charge in [0.15, 0.2) is 11.5 Å². The molecule has 0 aliphatic heterocycles. The first-order chi connectivity index (χ1) is 8.08. The lowest BCUT2D eigenvalue weighted by Crippen LogP contribution is -2.25. The third-order valence-electron chi connectivity index (χ3n) is 2.73. The van der Waals surface area contributed by atoms with Crippen LogP contribution in [-0.2, 0) is 0 Å². The Morgan fingerprint density at radius 2 is 1.88 bits per heavy atom. The maximum absolute atomic E-state index is 5.75. The first-order valence-electron chi connectivity index (χ1n) is 5.77. The van der Waals surface area contributed by atoms with Crippen LogP contribution in [0, 0.1) is 0 Å². The fourth-order valence-corrected chi connectivity index (χ4v) is 1.59. The topological polar surface area (TPSA) is 47.7 Å². The van der Waals surface area contributed by atoms with Gasteiger partial charge in [0.1, 0.15) is 0 Å². The van der Waals surface area contributed by atoms with Crippen LogP contribution in [0.15, 0.2) is 18.2 Å². The molecule has 1 rings (SSSR count). The molecule has 0 aliphatic rings. The summed E-state index contributed by atoms with van der Waals surface area (Å²) in [4.78, 5) is 2.16. The van der Waals surface area contributed by atoms with Gasteiger partial charge in [-0.15, -0.1) is 0 Å². The van der Waals surface area contributed by atoms with E-state index in [1.165, 1.54) is 0 Å². The largest absolute Gasteiger partial charge is 0.493 e. The van der Waals surface area contributed by atoms with E-state index < -0.39 is 0 Å². The molecule has 0 aromatic heterocycles. The Bertz CT molecular complexity index is 353. The maximum Gasteiger partial charge on any atom is 0.162 e. The molecule has 1 aromatic rings. The highest BCUT2D eigenvalue weighted by molar-refractivity contribution is 5.55. The predicted octanol–water partition coefficient (Wildman–Crippen LogP) is 1.88. The van der Waals surface area contributed by atoms with Gasteiger partial charge in [0, 0.05) is 31.4 Å². The zero-order valence-corrected chi connectivity index (χ0v) is 11.1. The Morgan fingerprint density at radius 1 is 1.24 bits per heavy atom. The second kappa shape index (κ2) is 6.35. The third-order valence-corrected chi connectivity index (χ3v) is 2.73. The van der Waals surface area contributed by atoms with Crippen molar-refractivity contribution in [3.8, 4) is 11.5 Å².